The molecule has 0 radical (unpaired) electrons. The summed E-state index contributed by atoms with van der Waals surface area (Å²) in [6.07, 6.45) is 9.53. The number of aromatic nitrogens is 2. The molecule has 0 bridgehead atoms. The summed E-state index contributed by atoms with van der Waals surface area (Å²) < 4.78 is 38.5. The van der Waals surface area contributed by atoms with Gasteiger partial charge in [0.15, 0.2) is 0 Å². The van der Waals surface area contributed by atoms with Gasteiger partial charge in [-0.15, -0.1) is 0 Å². The van der Waals surface area contributed by atoms with Crippen LogP contribution in [0.15, 0.2) is 65.8 Å². The zero-order chi connectivity index (χ0) is 30.6. The van der Waals surface area contributed by atoms with Gasteiger partial charge >= 0.3 is 11.9 Å². The normalized spacial score (nSPS) is 11.6. The predicted octanol–water partition coefficient (Wildman–Crippen LogP) is 5.82. The number of unbranched alkanes of at least 4 members (excludes halogenated alkanes) is 4. The van der Waals surface area contributed by atoms with Gasteiger partial charge in [0, 0.05) is 25.2 Å². The number of aryl methyl sites for hydroxylation is 1. The van der Waals surface area contributed by atoms with E-state index in [-0.39, 0.29) is 22.4 Å². The van der Waals surface area contributed by atoms with Gasteiger partial charge in [0.2, 0.25) is 5.95 Å². The third kappa shape index (κ3) is 11.5. The predicted molar refractivity (Wildman–Crippen MR) is 159 cm³/mol. The number of sulfonamides is 1. The van der Waals surface area contributed by atoms with Gasteiger partial charge in [-0.3, -0.25) is 4.79 Å². The molecule has 1 heterocycles. The van der Waals surface area contributed by atoms with E-state index in [9.17, 15) is 18.0 Å². The second kappa shape index (κ2) is 15.3. The van der Waals surface area contributed by atoms with Crippen LogP contribution in [0, 0.1) is 0 Å². The van der Waals surface area contributed by atoms with Crippen molar-refractivity contribution in [2.75, 3.05) is 11.3 Å². The Labute approximate surface area is 247 Å². The summed E-state index contributed by atoms with van der Waals surface area (Å²) >= 11 is 0. The second-order valence-electron chi connectivity index (χ2n) is 10.9. The van der Waals surface area contributed by atoms with Crippen LogP contribution in [0.3, 0.4) is 0 Å². The number of carbonyl (C=O) groups excluding carboxylic acids is 1. The number of aromatic carboxylic acids is 1. The lowest BCUT2D eigenvalue weighted by molar-refractivity contribution is -0.154. The molecule has 42 heavy (non-hydrogen) atoms. The van der Waals surface area contributed by atoms with Crippen LogP contribution >= 0.6 is 0 Å². The number of ether oxygens (including phenoxy) is 2. The Morgan fingerprint density at radius 2 is 1.40 bits per heavy atom. The van der Waals surface area contributed by atoms with Gasteiger partial charge in [-0.1, -0.05) is 43.5 Å². The first kappa shape index (κ1) is 32.5. The average Bonchev–Trinajstić information content (AvgIpc) is 2.93. The van der Waals surface area contributed by atoms with Crippen molar-refractivity contribution in [1.82, 2.24) is 9.97 Å². The largest absolute Gasteiger partial charge is 0.493 e. The Kier molecular flexibility index (Phi) is 11.8. The number of carbonyl (C=O) groups is 2. The maximum Gasteiger partial charge on any atom is 0.338 e. The van der Waals surface area contributed by atoms with Gasteiger partial charge in [-0.25, -0.2) is 27.9 Å². The van der Waals surface area contributed by atoms with Gasteiger partial charge < -0.3 is 14.6 Å². The lowest BCUT2D eigenvalue weighted by Gasteiger charge is -2.19. The third-order valence-corrected chi connectivity index (χ3v) is 7.55. The molecule has 0 aliphatic rings. The molecular formula is C31H39N3O7S. The Morgan fingerprint density at radius 3 is 2.00 bits per heavy atom. The lowest BCUT2D eigenvalue weighted by atomic mass is 10.0. The number of esters is 1. The molecule has 1 aromatic heterocycles. The number of rotatable bonds is 16. The minimum atomic E-state index is -3.95. The molecule has 0 saturated carbocycles. The first-order chi connectivity index (χ1) is 19.9. The van der Waals surface area contributed by atoms with Crippen molar-refractivity contribution in [3.63, 3.8) is 0 Å². The van der Waals surface area contributed by atoms with Gasteiger partial charge in [-0.05, 0) is 75.4 Å². The zero-order valence-electron chi connectivity index (χ0n) is 24.3. The fourth-order valence-corrected chi connectivity index (χ4v) is 5.02. The van der Waals surface area contributed by atoms with Crippen LogP contribution in [0.1, 0.15) is 80.8 Å². The monoisotopic (exact) mass is 597 g/mol. The number of anilines is 1. The molecule has 0 amide bonds. The van der Waals surface area contributed by atoms with Crippen molar-refractivity contribution < 1.29 is 32.6 Å². The van der Waals surface area contributed by atoms with Crippen molar-refractivity contribution in [3.8, 4) is 5.75 Å². The number of hydrogen-bond donors (Lipinski definition) is 2. The van der Waals surface area contributed by atoms with Gasteiger partial charge in [0.05, 0.1) is 17.1 Å². The molecular weight excluding hydrogens is 558 g/mol. The molecule has 226 valence electrons. The summed E-state index contributed by atoms with van der Waals surface area (Å²) in [5, 5.41) is 8.90. The number of hydrogen-bond acceptors (Lipinski definition) is 8. The lowest BCUT2D eigenvalue weighted by Crippen LogP contribution is -2.23. The molecule has 0 atom stereocenters. The highest BCUT2D eigenvalue weighted by molar-refractivity contribution is 7.92. The number of nitrogens with zero attached hydrogens (tertiary/aromatic N) is 2. The summed E-state index contributed by atoms with van der Waals surface area (Å²) in [7, 11) is -3.95. The van der Waals surface area contributed by atoms with Crippen LogP contribution in [0.2, 0.25) is 0 Å². The summed E-state index contributed by atoms with van der Waals surface area (Å²) in [5.41, 5.74) is 1.88. The van der Waals surface area contributed by atoms with Crippen LogP contribution in [-0.2, 0) is 32.4 Å². The smallest absolute Gasteiger partial charge is 0.338 e. The van der Waals surface area contributed by atoms with Crippen LogP contribution in [0.25, 0.3) is 0 Å². The summed E-state index contributed by atoms with van der Waals surface area (Å²) in [6.45, 7) is 6.10. The van der Waals surface area contributed by atoms with Crippen LogP contribution in [0.4, 0.5) is 5.95 Å². The Balaban J connectivity index is 1.33. The van der Waals surface area contributed by atoms with E-state index in [1.54, 1.807) is 12.1 Å². The summed E-state index contributed by atoms with van der Waals surface area (Å²) in [5.74, 6) is -1.01. The highest BCUT2D eigenvalue weighted by Crippen LogP contribution is 2.19. The van der Waals surface area contributed by atoms with E-state index < -0.39 is 21.6 Å². The molecule has 0 spiro atoms. The topological polar surface area (TPSA) is 145 Å². The maximum absolute atomic E-state index is 12.6. The maximum atomic E-state index is 12.6. The quantitative estimate of drug-likeness (QED) is 0.154. The first-order valence-electron chi connectivity index (χ1n) is 14.0. The Hall–Kier alpha value is -3.99. The highest BCUT2D eigenvalue weighted by Gasteiger charge is 2.17. The van der Waals surface area contributed by atoms with Crippen molar-refractivity contribution in [1.29, 1.82) is 0 Å². The van der Waals surface area contributed by atoms with E-state index in [1.807, 2.05) is 20.8 Å². The van der Waals surface area contributed by atoms with Crippen LogP contribution in [-0.4, -0.2) is 47.6 Å². The molecule has 0 fully saturated rings. The fourth-order valence-electron chi connectivity index (χ4n) is 4.07. The SMILES string of the molecule is CC(C)(C)OC(=O)CCCCCCCc1ccc(CCOc2ccc(S(=O)(=O)Nc3ncc(C(=O)O)cn3)cc2)cc1. The van der Waals surface area contributed by atoms with E-state index in [0.717, 1.165) is 56.5 Å². The molecule has 3 aromatic rings. The second-order valence-corrected chi connectivity index (χ2v) is 12.6. The number of benzene rings is 2. The van der Waals surface area contributed by atoms with Gasteiger partial charge in [-0.2, -0.15) is 0 Å². The molecule has 10 nitrogen and oxygen atoms in total. The summed E-state index contributed by atoms with van der Waals surface area (Å²) in [6, 6.07) is 14.5. The molecule has 2 N–H and O–H groups in total. The average molecular weight is 598 g/mol. The first-order valence-corrected chi connectivity index (χ1v) is 15.5. The number of carboxylic acid groups (broad SMARTS) is 1. The molecule has 0 aliphatic heterocycles. The van der Waals surface area contributed by atoms with Crippen molar-refractivity contribution in [2.45, 2.75) is 82.6 Å². The molecule has 0 saturated heterocycles. The van der Waals surface area contributed by atoms with Crippen molar-refractivity contribution in [2.24, 2.45) is 0 Å². The standard InChI is InChI=1S/C31H39N3O7S/c1-31(2,3)41-28(35)10-8-6-4-5-7-9-23-11-13-24(14-12-23)19-20-40-26-15-17-27(18-16-26)42(38,39)34-30-32-21-25(22-33-30)29(36)37/h11-18,21-22H,4-10,19-20H2,1-3H3,(H,36,37)(H,32,33,34). The minimum absolute atomic E-state index is 0.00264. The molecule has 0 aliphatic carbocycles. The zero-order valence-corrected chi connectivity index (χ0v) is 25.2. The fraction of sp³-hybridized carbons (Fsp3) is 0.419. The Morgan fingerprint density at radius 1 is 0.833 bits per heavy atom. The van der Waals surface area contributed by atoms with E-state index >= 15 is 0 Å². The van der Waals surface area contributed by atoms with E-state index in [1.165, 1.54) is 17.7 Å². The molecule has 11 heteroatoms. The Bertz CT molecular complexity index is 1400. The van der Waals surface area contributed by atoms with Gasteiger partial charge in [0.1, 0.15) is 11.4 Å². The van der Waals surface area contributed by atoms with E-state index in [4.69, 9.17) is 14.6 Å². The molecule has 2 aromatic carbocycles. The van der Waals surface area contributed by atoms with E-state index in [2.05, 4.69) is 39.0 Å². The number of carboxylic acids is 1. The molecule has 3 rings (SSSR count). The third-order valence-electron chi connectivity index (χ3n) is 6.21. The summed E-state index contributed by atoms with van der Waals surface area (Å²) in [4.78, 5) is 30.1. The van der Waals surface area contributed by atoms with Crippen molar-refractivity contribution >= 4 is 27.9 Å². The van der Waals surface area contributed by atoms with Crippen molar-refractivity contribution in [3.05, 3.63) is 77.6 Å². The van der Waals surface area contributed by atoms with E-state index in [0.29, 0.717) is 25.2 Å². The van der Waals surface area contributed by atoms with Crippen LogP contribution < -0.4 is 9.46 Å². The van der Waals surface area contributed by atoms with Gasteiger partial charge in [0.25, 0.3) is 10.0 Å². The number of nitrogens with one attached hydrogen (secondary N) is 1. The highest BCUT2D eigenvalue weighted by atomic mass is 32.2. The minimum Gasteiger partial charge on any atom is -0.493 e. The molecule has 0 unspecified atom stereocenters. The van der Waals surface area contributed by atoms with Crippen LogP contribution in [0.5, 0.6) is 5.75 Å².